The van der Waals surface area contributed by atoms with Crippen LogP contribution < -0.4 is 10.1 Å². The fourth-order valence-corrected chi connectivity index (χ4v) is 1.69. The van der Waals surface area contributed by atoms with E-state index < -0.39 is 0 Å². The number of hydrogen-bond donors (Lipinski definition) is 1. The predicted molar refractivity (Wildman–Crippen MR) is 62.2 cm³/mol. The normalized spacial score (nSPS) is 20.9. The Balaban J connectivity index is 2.03. The van der Waals surface area contributed by atoms with Crippen LogP contribution >= 0.6 is 0 Å². The van der Waals surface area contributed by atoms with E-state index in [1.807, 2.05) is 0 Å². The lowest BCUT2D eigenvalue weighted by Crippen LogP contribution is -2.34. The van der Waals surface area contributed by atoms with Crippen molar-refractivity contribution >= 4 is 0 Å². The Morgan fingerprint density at radius 1 is 1.20 bits per heavy atom. The van der Waals surface area contributed by atoms with Crippen LogP contribution in [0.15, 0.2) is 24.3 Å². The van der Waals surface area contributed by atoms with Crippen molar-refractivity contribution in [2.45, 2.75) is 38.8 Å². The average molecular weight is 205 g/mol. The number of nitrogens with one attached hydrogen (secondary N) is 1. The lowest BCUT2D eigenvalue weighted by atomic mass is 9.98. The van der Waals surface area contributed by atoms with Crippen LogP contribution in [0.2, 0.25) is 0 Å². The Labute approximate surface area is 91.6 Å². The zero-order valence-electron chi connectivity index (χ0n) is 9.71. The second kappa shape index (κ2) is 3.86. The highest BCUT2D eigenvalue weighted by molar-refractivity contribution is 5.30. The summed E-state index contributed by atoms with van der Waals surface area (Å²) in [5.74, 6) is 0.950. The molecule has 1 heterocycles. The van der Waals surface area contributed by atoms with Gasteiger partial charge in [0, 0.05) is 6.04 Å². The highest BCUT2D eigenvalue weighted by Crippen LogP contribution is 2.25. The first kappa shape index (κ1) is 10.5. The van der Waals surface area contributed by atoms with E-state index in [0.29, 0.717) is 6.04 Å². The maximum absolute atomic E-state index is 5.77. The molecule has 1 unspecified atom stereocenters. The van der Waals surface area contributed by atoms with Gasteiger partial charge in [-0.3, -0.25) is 0 Å². The molecule has 1 aromatic rings. The quantitative estimate of drug-likeness (QED) is 0.801. The van der Waals surface area contributed by atoms with Gasteiger partial charge in [0.1, 0.15) is 11.4 Å². The van der Waals surface area contributed by atoms with Crippen molar-refractivity contribution in [1.29, 1.82) is 0 Å². The molecule has 0 bridgehead atoms. The monoisotopic (exact) mass is 205 g/mol. The number of rotatable bonds is 2. The molecule has 2 nitrogen and oxygen atoms in total. The Morgan fingerprint density at radius 3 is 2.20 bits per heavy atom. The molecule has 0 aromatic heterocycles. The topological polar surface area (TPSA) is 21.3 Å². The van der Waals surface area contributed by atoms with Gasteiger partial charge in [0.15, 0.2) is 0 Å². The fraction of sp³-hybridized carbons (Fsp3) is 0.538. The van der Waals surface area contributed by atoms with Gasteiger partial charge in [-0.15, -0.1) is 0 Å². The van der Waals surface area contributed by atoms with Crippen LogP contribution in [-0.4, -0.2) is 12.1 Å². The Bertz CT molecular complexity index is 319. The van der Waals surface area contributed by atoms with Crippen LogP contribution in [0.4, 0.5) is 0 Å². The smallest absolute Gasteiger partial charge is 0.120 e. The van der Waals surface area contributed by atoms with Gasteiger partial charge in [-0.1, -0.05) is 12.1 Å². The van der Waals surface area contributed by atoms with E-state index in [2.05, 4.69) is 50.4 Å². The summed E-state index contributed by atoms with van der Waals surface area (Å²) in [4.78, 5) is 0. The molecule has 0 radical (unpaired) electrons. The summed E-state index contributed by atoms with van der Waals surface area (Å²) in [5, 5.41) is 3.39. The third-order valence-electron chi connectivity index (χ3n) is 2.53. The maximum atomic E-state index is 5.77. The van der Waals surface area contributed by atoms with E-state index in [1.54, 1.807) is 0 Å². The van der Waals surface area contributed by atoms with E-state index in [4.69, 9.17) is 4.74 Å². The summed E-state index contributed by atoms with van der Waals surface area (Å²) in [5.41, 5.74) is 1.25. The van der Waals surface area contributed by atoms with Crippen molar-refractivity contribution in [2.24, 2.45) is 0 Å². The number of hydrogen-bond acceptors (Lipinski definition) is 2. The standard InChI is InChI=1S/C13H19NO/c1-13(2,3)15-11-6-4-10(5-7-11)12-8-9-14-12/h4-7,12,14H,8-9H2,1-3H3. The van der Waals surface area contributed by atoms with Crippen LogP contribution in [0.5, 0.6) is 5.75 Å². The summed E-state index contributed by atoms with van der Waals surface area (Å²) >= 11 is 0. The molecular weight excluding hydrogens is 186 g/mol. The van der Waals surface area contributed by atoms with Crippen molar-refractivity contribution in [1.82, 2.24) is 5.32 Å². The van der Waals surface area contributed by atoms with Crippen LogP contribution in [0.3, 0.4) is 0 Å². The first-order valence-electron chi connectivity index (χ1n) is 5.57. The molecule has 82 valence electrons. The van der Waals surface area contributed by atoms with Crippen LogP contribution in [0.1, 0.15) is 38.8 Å². The zero-order valence-corrected chi connectivity index (χ0v) is 9.71. The van der Waals surface area contributed by atoms with Crippen molar-refractivity contribution < 1.29 is 4.74 Å². The predicted octanol–water partition coefficient (Wildman–Crippen LogP) is 2.90. The third kappa shape index (κ3) is 2.72. The van der Waals surface area contributed by atoms with Gasteiger partial charge in [0.2, 0.25) is 0 Å². The van der Waals surface area contributed by atoms with Crippen molar-refractivity contribution in [3.63, 3.8) is 0 Å². The fourth-order valence-electron chi connectivity index (χ4n) is 1.69. The van der Waals surface area contributed by atoms with Crippen molar-refractivity contribution in [3.8, 4) is 5.75 Å². The molecule has 15 heavy (non-hydrogen) atoms. The lowest BCUT2D eigenvalue weighted by Gasteiger charge is -2.28. The lowest BCUT2D eigenvalue weighted by molar-refractivity contribution is 0.131. The minimum absolute atomic E-state index is 0.115. The summed E-state index contributed by atoms with van der Waals surface area (Å²) in [6.07, 6.45) is 1.25. The van der Waals surface area contributed by atoms with Crippen molar-refractivity contribution in [3.05, 3.63) is 29.8 Å². The molecule has 0 saturated carbocycles. The average Bonchev–Trinajstić information content (AvgIpc) is 2.02. The number of benzene rings is 1. The maximum Gasteiger partial charge on any atom is 0.120 e. The van der Waals surface area contributed by atoms with E-state index >= 15 is 0 Å². The minimum atomic E-state index is -0.115. The number of ether oxygens (including phenoxy) is 1. The van der Waals surface area contributed by atoms with Crippen LogP contribution in [-0.2, 0) is 0 Å². The van der Waals surface area contributed by atoms with E-state index in [0.717, 1.165) is 12.3 Å². The Kier molecular flexibility index (Phi) is 2.70. The van der Waals surface area contributed by atoms with Crippen LogP contribution in [0.25, 0.3) is 0 Å². The molecule has 1 fully saturated rings. The Morgan fingerprint density at radius 2 is 1.80 bits per heavy atom. The molecule has 0 aliphatic carbocycles. The summed E-state index contributed by atoms with van der Waals surface area (Å²) in [6, 6.07) is 8.98. The highest BCUT2D eigenvalue weighted by Gasteiger charge is 2.18. The molecule has 1 N–H and O–H groups in total. The van der Waals surface area contributed by atoms with Gasteiger partial charge in [-0.25, -0.2) is 0 Å². The summed E-state index contributed by atoms with van der Waals surface area (Å²) < 4.78 is 5.77. The highest BCUT2D eigenvalue weighted by atomic mass is 16.5. The molecule has 1 atom stereocenters. The molecule has 1 saturated heterocycles. The molecule has 2 heteroatoms. The minimum Gasteiger partial charge on any atom is -0.488 e. The molecule has 0 spiro atoms. The van der Waals surface area contributed by atoms with Crippen LogP contribution in [0, 0.1) is 0 Å². The van der Waals surface area contributed by atoms with E-state index in [1.165, 1.54) is 12.0 Å². The van der Waals surface area contributed by atoms with Gasteiger partial charge >= 0.3 is 0 Å². The summed E-state index contributed by atoms with van der Waals surface area (Å²) in [7, 11) is 0. The van der Waals surface area contributed by atoms with Gasteiger partial charge in [-0.2, -0.15) is 0 Å². The largest absolute Gasteiger partial charge is 0.488 e. The molecule has 2 rings (SSSR count). The SMILES string of the molecule is CC(C)(C)Oc1ccc(C2CCN2)cc1. The molecular formula is C13H19NO. The molecule has 1 aromatic carbocycles. The zero-order chi connectivity index (χ0) is 10.9. The first-order chi connectivity index (χ1) is 7.04. The van der Waals surface area contributed by atoms with Gasteiger partial charge in [0.05, 0.1) is 0 Å². The van der Waals surface area contributed by atoms with Crippen molar-refractivity contribution in [2.75, 3.05) is 6.54 Å². The second-order valence-corrected chi connectivity index (χ2v) is 5.08. The third-order valence-corrected chi connectivity index (χ3v) is 2.53. The van der Waals surface area contributed by atoms with Gasteiger partial charge in [0.25, 0.3) is 0 Å². The van der Waals surface area contributed by atoms with Gasteiger partial charge < -0.3 is 10.1 Å². The van der Waals surface area contributed by atoms with Gasteiger partial charge in [-0.05, 0) is 51.4 Å². The molecule has 1 aliphatic heterocycles. The molecule has 1 aliphatic rings. The Hall–Kier alpha value is -1.02. The van der Waals surface area contributed by atoms with E-state index in [9.17, 15) is 0 Å². The second-order valence-electron chi connectivity index (χ2n) is 5.08. The molecule has 0 amide bonds. The summed E-state index contributed by atoms with van der Waals surface area (Å²) in [6.45, 7) is 7.34. The van der Waals surface area contributed by atoms with E-state index in [-0.39, 0.29) is 5.60 Å². The first-order valence-corrected chi connectivity index (χ1v) is 5.57.